The molecule has 0 bridgehead atoms. The zero-order valence-electron chi connectivity index (χ0n) is 16.2. The lowest BCUT2D eigenvalue weighted by Crippen LogP contribution is -2.56. The number of carbonyl (C=O) groups excluding carboxylic acids is 2. The van der Waals surface area contributed by atoms with Crippen molar-refractivity contribution in [2.75, 3.05) is 45.9 Å². The molecule has 0 unspecified atom stereocenters. The summed E-state index contributed by atoms with van der Waals surface area (Å²) in [5.41, 5.74) is 0.928. The number of para-hydroxylation sites is 1. The average Bonchev–Trinajstić information content (AvgIpc) is 2.67. The Morgan fingerprint density at radius 2 is 2.19 bits per heavy atom. The molecule has 0 spiro atoms. The minimum atomic E-state index is -0.491. The summed E-state index contributed by atoms with van der Waals surface area (Å²) < 4.78 is 10.8. The van der Waals surface area contributed by atoms with Gasteiger partial charge in [0.15, 0.2) is 11.5 Å². The molecule has 7 nitrogen and oxygen atoms in total. The number of piperazine rings is 1. The van der Waals surface area contributed by atoms with Crippen molar-refractivity contribution >= 4 is 23.6 Å². The number of methoxy groups -OCH3 is 2. The normalized spacial score (nSPS) is 17.3. The molecule has 2 N–H and O–H groups in total. The topological polar surface area (TPSA) is 79.9 Å². The summed E-state index contributed by atoms with van der Waals surface area (Å²) in [6.45, 7) is 2.39. The first kappa shape index (κ1) is 21.4. The molecule has 1 aliphatic heterocycles. The van der Waals surface area contributed by atoms with E-state index in [9.17, 15) is 9.59 Å². The number of rotatable bonds is 10. The summed E-state index contributed by atoms with van der Waals surface area (Å²) in [5, 5.41) is 5.77. The van der Waals surface area contributed by atoms with E-state index in [-0.39, 0.29) is 18.2 Å². The van der Waals surface area contributed by atoms with Gasteiger partial charge in [-0.25, -0.2) is 0 Å². The van der Waals surface area contributed by atoms with Gasteiger partial charge in [-0.05, 0) is 24.5 Å². The van der Waals surface area contributed by atoms with Crippen LogP contribution in [0.15, 0.2) is 18.2 Å². The third kappa shape index (κ3) is 6.04. The molecule has 0 saturated carbocycles. The number of nitrogens with zero attached hydrogens (tertiary/aromatic N) is 1. The van der Waals surface area contributed by atoms with Crippen molar-refractivity contribution in [2.24, 2.45) is 0 Å². The Kier molecular flexibility index (Phi) is 8.74. The van der Waals surface area contributed by atoms with E-state index >= 15 is 0 Å². The Labute approximate surface area is 165 Å². The minimum absolute atomic E-state index is 0.0965. The van der Waals surface area contributed by atoms with Crippen LogP contribution >= 0.6 is 11.8 Å². The van der Waals surface area contributed by atoms with E-state index in [1.165, 1.54) is 0 Å². The predicted molar refractivity (Wildman–Crippen MR) is 107 cm³/mol. The molecule has 1 aromatic rings. The lowest BCUT2D eigenvalue weighted by Gasteiger charge is -2.35. The smallest absolute Gasteiger partial charge is 0.237 e. The van der Waals surface area contributed by atoms with Crippen LogP contribution < -0.4 is 20.1 Å². The standard InChI is InChI=1S/C19H29N3O4S/c1-25-16-7-4-6-14(18(16)26-2)13-22-10-9-21-19(24)15(22)12-17(23)20-8-5-11-27-3/h4,6-7,15H,5,8-13H2,1-3H3,(H,20,23)(H,21,24)/t15-/m0/s1. The summed E-state index contributed by atoms with van der Waals surface area (Å²) in [5.74, 6) is 2.11. The fourth-order valence-corrected chi connectivity index (χ4v) is 3.60. The van der Waals surface area contributed by atoms with Gasteiger partial charge >= 0.3 is 0 Å². The van der Waals surface area contributed by atoms with E-state index in [4.69, 9.17) is 9.47 Å². The average molecular weight is 396 g/mol. The highest BCUT2D eigenvalue weighted by atomic mass is 32.2. The summed E-state index contributed by atoms with van der Waals surface area (Å²) in [7, 11) is 3.20. The molecule has 1 fully saturated rings. The van der Waals surface area contributed by atoms with Gasteiger partial charge in [-0.15, -0.1) is 0 Å². The molecule has 0 aromatic heterocycles. The van der Waals surface area contributed by atoms with Crippen molar-refractivity contribution < 1.29 is 19.1 Å². The van der Waals surface area contributed by atoms with Crippen LogP contribution in [0.3, 0.4) is 0 Å². The maximum absolute atomic E-state index is 12.4. The van der Waals surface area contributed by atoms with Crippen LogP contribution in [0.2, 0.25) is 0 Å². The van der Waals surface area contributed by atoms with Crippen molar-refractivity contribution in [3.63, 3.8) is 0 Å². The van der Waals surface area contributed by atoms with E-state index in [1.54, 1.807) is 26.0 Å². The van der Waals surface area contributed by atoms with Crippen molar-refractivity contribution in [3.8, 4) is 11.5 Å². The van der Waals surface area contributed by atoms with Gasteiger partial charge in [0.2, 0.25) is 11.8 Å². The van der Waals surface area contributed by atoms with Gasteiger partial charge in [0.05, 0.1) is 26.7 Å². The van der Waals surface area contributed by atoms with Crippen LogP contribution in [0.5, 0.6) is 11.5 Å². The van der Waals surface area contributed by atoms with Gasteiger partial charge < -0.3 is 20.1 Å². The van der Waals surface area contributed by atoms with Crippen molar-refractivity contribution in [1.29, 1.82) is 0 Å². The maximum atomic E-state index is 12.4. The Morgan fingerprint density at radius 1 is 1.37 bits per heavy atom. The number of amides is 2. The number of hydrogen-bond acceptors (Lipinski definition) is 6. The monoisotopic (exact) mass is 395 g/mol. The summed E-state index contributed by atoms with van der Waals surface area (Å²) in [6.07, 6.45) is 3.12. The third-order valence-electron chi connectivity index (χ3n) is 4.53. The number of carbonyl (C=O) groups is 2. The first-order valence-corrected chi connectivity index (χ1v) is 10.5. The van der Waals surface area contributed by atoms with Crippen LogP contribution in [-0.4, -0.2) is 68.6 Å². The summed E-state index contributed by atoms with van der Waals surface area (Å²) >= 11 is 1.75. The van der Waals surface area contributed by atoms with Crippen LogP contribution in [0.1, 0.15) is 18.4 Å². The molecule has 2 amide bonds. The highest BCUT2D eigenvalue weighted by molar-refractivity contribution is 7.98. The van der Waals surface area contributed by atoms with E-state index in [1.807, 2.05) is 29.4 Å². The molecular formula is C19H29N3O4S. The molecule has 1 heterocycles. The van der Waals surface area contributed by atoms with Crippen LogP contribution in [-0.2, 0) is 16.1 Å². The largest absolute Gasteiger partial charge is 0.493 e. The van der Waals surface area contributed by atoms with Gasteiger partial charge in [-0.1, -0.05) is 12.1 Å². The second-order valence-electron chi connectivity index (χ2n) is 6.33. The number of benzene rings is 1. The lowest BCUT2D eigenvalue weighted by molar-refractivity contribution is -0.134. The molecule has 150 valence electrons. The SMILES string of the molecule is COc1cccc(CN2CCNC(=O)[C@@H]2CC(=O)NCCCSC)c1OC. The van der Waals surface area contributed by atoms with Crippen molar-refractivity contribution in [1.82, 2.24) is 15.5 Å². The Hall–Kier alpha value is -1.93. The Morgan fingerprint density at radius 3 is 2.89 bits per heavy atom. The number of thioether (sulfide) groups is 1. The van der Waals surface area contributed by atoms with Crippen LogP contribution in [0.4, 0.5) is 0 Å². The van der Waals surface area contributed by atoms with Gasteiger partial charge in [-0.3, -0.25) is 14.5 Å². The molecule has 2 rings (SSSR count). The molecule has 0 radical (unpaired) electrons. The van der Waals surface area contributed by atoms with Crippen LogP contribution in [0, 0.1) is 0 Å². The number of ether oxygens (including phenoxy) is 2. The lowest BCUT2D eigenvalue weighted by atomic mass is 10.1. The van der Waals surface area contributed by atoms with Gasteiger partial charge in [-0.2, -0.15) is 11.8 Å². The molecule has 1 atom stereocenters. The van der Waals surface area contributed by atoms with Crippen molar-refractivity contribution in [2.45, 2.75) is 25.4 Å². The van der Waals surface area contributed by atoms with Crippen LogP contribution in [0.25, 0.3) is 0 Å². The fraction of sp³-hybridized carbons (Fsp3) is 0.579. The Bertz CT molecular complexity index is 641. The minimum Gasteiger partial charge on any atom is -0.493 e. The summed E-state index contributed by atoms with van der Waals surface area (Å²) in [6, 6.07) is 5.20. The summed E-state index contributed by atoms with van der Waals surface area (Å²) in [4.78, 5) is 26.7. The molecule has 27 heavy (non-hydrogen) atoms. The first-order chi connectivity index (χ1) is 13.1. The second-order valence-corrected chi connectivity index (χ2v) is 7.32. The zero-order chi connectivity index (χ0) is 19.6. The van der Waals surface area contributed by atoms with Gasteiger partial charge in [0.25, 0.3) is 0 Å². The Balaban J connectivity index is 2.05. The molecule has 1 aromatic carbocycles. The highest BCUT2D eigenvalue weighted by Gasteiger charge is 2.32. The maximum Gasteiger partial charge on any atom is 0.237 e. The fourth-order valence-electron chi connectivity index (χ4n) is 3.16. The van der Waals surface area contributed by atoms with E-state index < -0.39 is 6.04 Å². The zero-order valence-corrected chi connectivity index (χ0v) is 17.1. The van der Waals surface area contributed by atoms with E-state index in [0.717, 1.165) is 17.7 Å². The second kappa shape index (κ2) is 11.0. The van der Waals surface area contributed by atoms with Gasteiger partial charge in [0, 0.05) is 31.7 Å². The first-order valence-electron chi connectivity index (χ1n) is 9.08. The quantitative estimate of drug-likeness (QED) is 0.581. The predicted octanol–water partition coefficient (Wildman–Crippen LogP) is 1.26. The third-order valence-corrected chi connectivity index (χ3v) is 5.22. The molecule has 1 aliphatic rings. The van der Waals surface area contributed by atoms with Gasteiger partial charge in [0.1, 0.15) is 0 Å². The van der Waals surface area contributed by atoms with E-state index in [0.29, 0.717) is 37.7 Å². The molecular weight excluding hydrogens is 366 g/mol. The molecule has 1 saturated heterocycles. The molecule has 0 aliphatic carbocycles. The number of hydrogen-bond donors (Lipinski definition) is 2. The molecule has 8 heteroatoms. The highest BCUT2D eigenvalue weighted by Crippen LogP contribution is 2.32. The van der Waals surface area contributed by atoms with Crippen molar-refractivity contribution in [3.05, 3.63) is 23.8 Å². The number of nitrogens with one attached hydrogen (secondary N) is 2. The van der Waals surface area contributed by atoms with E-state index in [2.05, 4.69) is 10.6 Å².